The molecular weight excluding hydrogens is 286 g/mol. The van der Waals surface area contributed by atoms with Gasteiger partial charge in [0.05, 0.1) is 12.6 Å². The van der Waals surface area contributed by atoms with Crippen LogP contribution in [0.15, 0.2) is 12.2 Å². The van der Waals surface area contributed by atoms with E-state index in [1.807, 2.05) is 0 Å². The van der Waals surface area contributed by atoms with Gasteiger partial charge in [0.2, 0.25) is 5.91 Å². The maximum Gasteiger partial charge on any atom is 0.368 e. The molecule has 0 fully saturated rings. The Morgan fingerprint density at radius 3 is 2.52 bits per heavy atom. The lowest BCUT2D eigenvalue weighted by Gasteiger charge is -2.40. The fourth-order valence-corrected chi connectivity index (χ4v) is 1.95. The van der Waals surface area contributed by atoms with Crippen molar-refractivity contribution in [1.29, 1.82) is 0 Å². The summed E-state index contributed by atoms with van der Waals surface area (Å²) in [5.74, 6) is -4.04. The van der Waals surface area contributed by atoms with Crippen LogP contribution in [0.3, 0.4) is 0 Å². The summed E-state index contributed by atoms with van der Waals surface area (Å²) < 4.78 is 10.0. The van der Waals surface area contributed by atoms with Crippen molar-refractivity contribution >= 4 is 11.9 Å². The van der Waals surface area contributed by atoms with Gasteiger partial charge in [-0.1, -0.05) is 6.08 Å². The Balaban J connectivity index is 3.11. The molecule has 5 atom stereocenters. The first-order valence-corrected chi connectivity index (χ1v) is 6.17. The summed E-state index contributed by atoms with van der Waals surface area (Å²) in [7, 11) is 1.10. The highest BCUT2D eigenvalue weighted by atomic mass is 16.7. The van der Waals surface area contributed by atoms with Gasteiger partial charge in [-0.2, -0.15) is 0 Å². The Morgan fingerprint density at radius 1 is 1.48 bits per heavy atom. The van der Waals surface area contributed by atoms with Gasteiger partial charge < -0.3 is 35.2 Å². The number of carboxylic acid groups (broad SMARTS) is 1. The Morgan fingerprint density at radius 2 is 2.10 bits per heavy atom. The van der Waals surface area contributed by atoms with Crippen LogP contribution in [0, 0.1) is 0 Å². The molecule has 9 nitrogen and oxygen atoms in total. The second kappa shape index (κ2) is 6.96. The summed E-state index contributed by atoms with van der Waals surface area (Å²) >= 11 is 0. The second-order valence-corrected chi connectivity index (χ2v) is 4.59. The van der Waals surface area contributed by atoms with Crippen LogP contribution in [-0.2, 0) is 19.1 Å². The summed E-state index contributed by atoms with van der Waals surface area (Å²) in [5.41, 5.74) is 0. The molecule has 5 N–H and O–H groups in total. The zero-order chi connectivity index (χ0) is 16.2. The van der Waals surface area contributed by atoms with Crippen molar-refractivity contribution in [2.75, 3.05) is 13.7 Å². The van der Waals surface area contributed by atoms with Crippen LogP contribution >= 0.6 is 0 Å². The molecule has 9 heteroatoms. The molecule has 21 heavy (non-hydrogen) atoms. The molecular formula is C12H19NO8. The van der Waals surface area contributed by atoms with E-state index < -0.39 is 48.6 Å². The van der Waals surface area contributed by atoms with Gasteiger partial charge in [-0.25, -0.2) is 4.79 Å². The van der Waals surface area contributed by atoms with Gasteiger partial charge in [-0.15, -0.1) is 0 Å². The molecule has 0 aliphatic carbocycles. The van der Waals surface area contributed by atoms with E-state index in [4.69, 9.17) is 14.6 Å². The number of aliphatic carboxylic acids is 1. The first-order valence-electron chi connectivity index (χ1n) is 6.17. The molecule has 0 saturated heterocycles. The fourth-order valence-electron chi connectivity index (χ4n) is 1.95. The number of carboxylic acids is 1. The Kier molecular flexibility index (Phi) is 5.81. The van der Waals surface area contributed by atoms with E-state index in [-0.39, 0.29) is 0 Å². The van der Waals surface area contributed by atoms with Crippen LogP contribution in [0.4, 0.5) is 0 Å². The second-order valence-electron chi connectivity index (χ2n) is 4.59. The third kappa shape index (κ3) is 3.77. The van der Waals surface area contributed by atoms with Crippen molar-refractivity contribution in [2.45, 2.75) is 37.1 Å². The maximum absolute atomic E-state index is 11.3. The molecule has 0 aromatic heterocycles. The smallest absolute Gasteiger partial charge is 0.368 e. The number of hydrogen-bond acceptors (Lipinski definition) is 7. The standard InChI is InChI=1S/C12H19NO8/c1-6(15)13-7-3-4-12(20-2,11(18)19)21-10(7)9(17)8(16)5-14/h3-4,7-10,14,16-17H,5H2,1-2H3,(H,13,15)(H,18,19)/t7-,8-,9-,10-,12+/m1/s1. The number of ether oxygens (including phenoxy) is 2. The topological polar surface area (TPSA) is 146 Å². The maximum atomic E-state index is 11.3. The molecule has 1 rings (SSSR count). The quantitative estimate of drug-likeness (QED) is 0.341. The summed E-state index contributed by atoms with van der Waals surface area (Å²) in [5, 5.41) is 40.0. The number of rotatable bonds is 6. The van der Waals surface area contributed by atoms with E-state index in [0.29, 0.717) is 0 Å². The summed E-state index contributed by atoms with van der Waals surface area (Å²) in [6, 6.07) is -0.888. The molecule has 0 bridgehead atoms. The van der Waals surface area contributed by atoms with Crippen molar-refractivity contribution < 1.29 is 39.5 Å². The first kappa shape index (κ1) is 17.5. The predicted octanol–water partition coefficient (Wildman–Crippen LogP) is -2.41. The molecule has 1 heterocycles. The highest BCUT2D eigenvalue weighted by Gasteiger charge is 2.48. The molecule has 0 radical (unpaired) electrons. The molecule has 120 valence electrons. The molecule has 0 saturated carbocycles. The first-order chi connectivity index (χ1) is 9.77. The number of carbonyl (C=O) groups excluding carboxylic acids is 1. The number of hydrogen-bond donors (Lipinski definition) is 5. The van der Waals surface area contributed by atoms with Gasteiger partial charge >= 0.3 is 5.97 Å². The van der Waals surface area contributed by atoms with Crippen LogP contribution in [-0.4, -0.2) is 76.2 Å². The number of methoxy groups -OCH3 is 1. The minimum absolute atomic E-state index is 0.441. The van der Waals surface area contributed by atoms with Crippen LogP contribution in [0.2, 0.25) is 0 Å². The molecule has 0 unspecified atom stereocenters. The number of aliphatic hydroxyl groups is 3. The zero-order valence-electron chi connectivity index (χ0n) is 11.6. The number of aliphatic hydroxyl groups excluding tert-OH is 3. The van der Waals surface area contributed by atoms with Crippen molar-refractivity contribution in [3.05, 3.63) is 12.2 Å². The average molecular weight is 305 g/mol. The number of carbonyl (C=O) groups is 2. The Labute approximate surface area is 120 Å². The Bertz CT molecular complexity index is 425. The molecule has 0 aromatic carbocycles. The van der Waals surface area contributed by atoms with Gasteiger partial charge in [0.1, 0.15) is 18.3 Å². The third-order valence-corrected chi connectivity index (χ3v) is 3.08. The van der Waals surface area contributed by atoms with Crippen LogP contribution < -0.4 is 5.32 Å². The minimum Gasteiger partial charge on any atom is -0.477 e. The average Bonchev–Trinajstić information content (AvgIpc) is 2.45. The normalized spacial score (nSPS) is 31.5. The van der Waals surface area contributed by atoms with E-state index in [0.717, 1.165) is 13.2 Å². The lowest BCUT2D eigenvalue weighted by atomic mass is 9.96. The van der Waals surface area contributed by atoms with Crippen molar-refractivity contribution in [3.63, 3.8) is 0 Å². The lowest BCUT2D eigenvalue weighted by molar-refractivity contribution is -0.253. The molecule has 1 aliphatic heterocycles. The van der Waals surface area contributed by atoms with Crippen LogP contribution in [0.25, 0.3) is 0 Å². The Hall–Kier alpha value is -1.52. The van der Waals surface area contributed by atoms with Crippen LogP contribution in [0.5, 0.6) is 0 Å². The minimum atomic E-state index is -2.14. The SMILES string of the molecule is CO[C@@]1(C(=O)O)C=C[C@@H](NC(C)=O)[C@H]([C@H](O)[C@H](O)CO)O1. The van der Waals surface area contributed by atoms with Gasteiger partial charge in [0, 0.05) is 14.0 Å². The van der Waals surface area contributed by atoms with E-state index in [9.17, 15) is 24.9 Å². The van der Waals surface area contributed by atoms with Gasteiger partial charge in [-0.05, 0) is 6.08 Å². The fraction of sp³-hybridized carbons (Fsp3) is 0.667. The van der Waals surface area contributed by atoms with Gasteiger partial charge in [0.25, 0.3) is 5.79 Å². The van der Waals surface area contributed by atoms with Crippen molar-refractivity contribution in [3.8, 4) is 0 Å². The third-order valence-electron chi connectivity index (χ3n) is 3.08. The van der Waals surface area contributed by atoms with E-state index in [2.05, 4.69) is 5.32 Å². The van der Waals surface area contributed by atoms with Crippen molar-refractivity contribution in [2.24, 2.45) is 0 Å². The molecule has 1 aliphatic rings. The van der Waals surface area contributed by atoms with E-state index in [1.54, 1.807) is 0 Å². The largest absolute Gasteiger partial charge is 0.477 e. The van der Waals surface area contributed by atoms with E-state index >= 15 is 0 Å². The highest BCUT2D eigenvalue weighted by Crippen LogP contribution is 2.27. The number of amides is 1. The zero-order valence-corrected chi connectivity index (χ0v) is 11.6. The summed E-state index contributed by atoms with van der Waals surface area (Å²) in [6.45, 7) is 0.472. The monoisotopic (exact) mass is 305 g/mol. The highest BCUT2D eigenvalue weighted by molar-refractivity contribution is 5.79. The predicted molar refractivity (Wildman–Crippen MR) is 68.1 cm³/mol. The van der Waals surface area contributed by atoms with E-state index in [1.165, 1.54) is 13.0 Å². The molecule has 1 amide bonds. The molecule has 0 aromatic rings. The van der Waals surface area contributed by atoms with Crippen molar-refractivity contribution in [1.82, 2.24) is 5.32 Å². The van der Waals surface area contributed by atoms with Crippen LogP contribution in [0.1, 0.15) is 6.92 Å². The summed E-state index contributed by atoms with van der Waals surface area (Å²) in [4.78, 5) is 22.4. The van der Waals surface area contributed by atoms with Gasteiger partial charge in [0.15, 0.2) is 0 Å². The number of nitrogens with one attached hydrogen (secondary N) is 1. The van der Waals surface area contributed by atoms with Gasteiger partial charge in [-0.3, -0.25) is 4.79 Å². The summed E-state index contributed by atoms with van der Waals surface area (Å²) in [6.07, 6.45) is -2.14. The molecule has 0 spiro atoms. The lowest BCUT2D eigenvalue weighted by Crippen LogP contribution is -2.60.